The molecule has 1 aliphatic rings. The SMILES string of the molecule is CC1(C)c2ccccc2-c2ccc3c(c21)c1cc(-c2ccc(Nc4ccc(-c5ccccc5)cc4)c(-c4ccccc4)c2)ccc1n3-c1cccc(-c2ccccc2)c1. The third-order valence-electron chi connectivity index (χ3n) is 12.4. The minimum absolute atomic E-state index is 0.167. The predicted octanol–water partition coefficient (Wildman–Crippen LogP) is 15.5. The molecule has 11 rings (SSSR count). The van der Waals surface area contributed by atoms with Crippen molar-refractivity contribution in [3.05, 3.63) is 223 Å². The van der Waals surface area contributed by atoms with Crippen LogP contribution in [0.4, 0.5) is 11.4 Å². The maximum absolute atomic E-state index is 3.76. The van der Waals surface area contributed by atoms with Crippen molar-refractivity contribution in [3.8, 4) is 61.3 Å². The normalized spacial score (nSPS) is 12.7. The van der Waals surface area contributed by atoms with Crippen molar-refractivity contribution in [2.45, 2.75) is 19.3 Å². The molecule has 59 heavy (non-hydrogen) atoms. The Morgan fingerprint density at radius 3 is 1.69 bits per heavy atom. The van der Waals surface area contributed by atoms with Gasteiger partial charge in [0.05, 0.1) is 11.0 Å². The molecule has 1 N–H and O–H groups in total. The van der Waals surface area contributed by atoms with Gasteiger partial charge in [-0.25, -0.2) is 0 Å². The summed E-state index contributed by atoms with van der Waals surface area (Å²) >= 11 is 0. The molecule has 1 aliphatic carbocycles. The van der Waals surface area contributed by atoms with Crippen LogP contribution >= 0.6 is 0 Å². The van der Waals surface area contributed by atoms with Gasteiger partial charge in [0.15, 0.2) is 0 Å². The molecule has 0 fully saturated rings. The molecule has 10 aromatic rings. The number of fused-ring (bicyclic) bond motifs is 7. The van der Waals surface area contributed by atoms with E-state index in [0.717, 1.165) is 22.6 Å². The van der Waals surface area contributed by atoms with E-state index in [9.17, 15) is 0 Å². The molecule has 1 heterocycles. The van der Waals surface area contributed by atoms with Gasteiger partial charge >= 0.3 is 0 Å². The van der Waals surface area contributed by atoms with Crippen LogP contribution in [0.2, 0.25) is 0 Å². The Kier molecular flexibility index (Phi) is 8.20. The molecule has 280 valence electrons. The number of hydrogen-bond donors (Lipinski definition) is 1. The minimum Gasteiger partial charge on any atom is -0.355 e. The summed E-state index contributed by atoms with van der Waals surface area (Å²) in [4.78, 5) is 0. The highest BCUT2D eigenvalue weighted by Crippen LogP contribution is 2.53. The lowest BCUT2D eigenvalue weighted by Crippen LogP contribution is -2.15. The fourth-order valence-corrected chi connectivity index (χ4v) is 9.52. The first kappa shape index (κ1) is 34.8. The molecular formula is C57H42N2. The summed E-state index contributed by atoms with van der Waals surface area (Å²) in [5.41, 5.74) is 20.5. The smallest absolute Gasteiger partial charge is 0.0544 e. The molecule has 0 bridgehead atoms. The van der Waals surface area contributed by atoms with Crippen LogP contribution in [0.3, 0.4) is 0 Å². The van der Waals surface area contributed by atoms with E-state index in [2.05, 4.69) is 236 Å². The zero-order valence-corrected chi connectivity index (χ0v) is 33.2. The van der Waals surface area contributed by atoms with Gasteiger partial charge in [-0.1, -0.05) is 172 Å². The Balaban J connectivity index is 1.08. The van der Waals surface area contributed by atoms with Crippen LogP contribution in [0.15, 0.2) is 212 Å². The van der Waals surface area contributed by atoms with Gasteiger partial charge < -0.3 is 9.88 Å². The third-order valence-corrected chi connectivity index (χ3v) is 12.4. The van der Waals surface area contributed by atoms with E-state index < -0.39 is 0 Å². The van der Waals surface area contributed by atoms with Crippen molar-refractivity contribution >= 4 is 33.2 Å². The average Bonchev–Trinajstić information content (AvgIpc) is 3.75. The lowest BCUT2D eigenvalue weighted by atomic mass is 9.80. The Morgan fingerprint density at radius 2 is 0.949 bits per heavy atom. The average molecular weight is 755 g/mol. The molecule has 1 aromatic heterocycles. The van der Waals surface area contributed by atoms with Crippen molar-refractivity contribution in [3.63, 3.8) is 0 Å². The maximum atomic E-state index is 3.76. The molecule has 0 radical (unpaired) electrons. The third kappa shape index (κ3) is 5.87. The standard InChI is InChI=1S/C57H42N2/c1-57(2)51-24-13-12-23-47(51)48-31-34-54-55(56(48)57)50-37-44(28-33-53(50)59(54)46-22-14-21-42(35-46)39-17-8-4-9-18-39)43-27-32-52(49(36-43)41-19-10-5-11-20-41)58-45-29-25-40(26-30-45)38-15-6-3-7-16-38/h3-37,58H,1-2H3. The van der Waals surface area contributed by atoms with Gasteiger partial charge in [0.2, 0.25) is 0 Å². The number of nitrogens with zero attached hydrogens (tertiary/aromatic N) is 1. The highest BCUT2D eigenvalue weighted by molar-refractivity contribution is 6.15. The quantitative estimate of drug-likeness (QED) is 0.171. The van der Waals surface area contributed by atoms with E-state index in [1.165, 1.54) is 83.0 Å². The second kappa shape index (κ2) is 13.9. The summed E-state index contributed by atoms with van der Waals surface area (Å²) < 4.78 is 2.48. The van der Waals surface area contributed by atoms with Gasteiger partial charge in [0, 0.05) is 38.8 Å². The monoisotopic (exact) mass is 754 g/mol. The molecule has 0 aliphatic heterocycles. The van der Waals surface area contributed by atoms with Crippen LogP contribution in [0.1, 0.15) is 25.0 Å². The van der Waals surface area contributed by atoms with E-state index in [1.807, 2.05) is 0 Å². The van der Waals surface area contributed by atoms with Gasteiger partial charge in [0.1, 0.15) is 0 Å². The summed E-state index contributed by atoms with van der Waals surface area (Å²) in [7, 11) is 0. The minimum atomic E-state index is -0.167. The van der Waals surface area contributed by atoms with Crippen LogP contribution in [-0.4, -0.2) is 4.57 Å². The van der Waals surface area contributed by atoms with Crippen molar-refractivity contribution in [1.82, 2.24) is 4.57 Å². The number of anilines is 2. The van der Waals surface area contributed by atoms with Gasteiger partial charge in [-0.15, -0.1) is 0 Å². The number of nitrogens with one attached hydrogen (secondary N) is 1. The zero-order chi connectivity index (χ0) is 39.5. The van der Waals surface area contributed by atoms with Gasteiger partial charge in [-0.05, 0) is 116 Å². The Hall–Kier alpha value is -7.42. The molecule has 0 atom stereocenters. The fraction of sp³-hybridized carbons (Fsp3) is 0.0526. The Labute approximate surface area is 345 Å². The first-order chi connectivity index (χ1) is 29.0. The Bertz CT molecular complexity index is 3170. The van der Waals surface area contributed by atoms with Crippen LogP contribution in [0, 0.1) is 0 Å². The first-order valence-electron chi connectivity index (χ1n) is 20.5. The summed E-state index contributed by atoms with van der Waals surface area (Å²) in [5.74, 6) is 0. The first-order valence-corrected chi connectivity index (χ1v) is 20.5. The highest BCUT2D eigenvalue weighted by atomic mass is 15.0. The van der Waals surface area contributed by atoms with Crippen molar-refractivity contribution in [2.24, 2.45) is 0 Å². The highest BCUT2D eigenvalue weighted by Gasteiger charge is 2.38. The second-order valence-corrected chi connectivity index (χ2v) is 16.2. The molecule has 0 amide bonds. The number of hydrogen-bond acceptors (Lipinski definition) is 1. The number of aromatic nitrogens is 1. The van der Waals surface area contributed by atoms with Crippen molar-refractivity contribution in [2.75, 3.05) is 5.32 Å². The summed E-state index contributed by atoms with van der Waals surface area (Å²) in [5, 5.41) is 6.35. The van der Waals surface area contributed by atoms with Crippen LogP contribution in [0.5, 0.6) is 0 Å². The molecule has 0 unspecified atom stereocenters. The largest absolute Gasteiger partial charge is 0.355 e. The summed E-state index contributed by atoms with van der Waals surface area (Å²) in [6.07, 6.45) is 0. The van der Waals surface area contributed by atoms with Gasteiger partial charge in [-0.2, -0.15) is 0 Å². The van der Waals surface area contributed by atoms with Gasteiger partial charge in [-0.3, -0.25) is 0 Å². The topological polar surface area (TPSA) is 17.0 Å². The zero-order valence-electron chi connectivity index (χ0n) is 33.2. The van der Waals surface area contributed by atoms with Crippen molar-refractivity contribution in [1.29, 1.82) is 0 Å². The molecule has 0 saturated carbocycles. The second-order valence-electron chi connectivity index (χ2n) is 16.2. The fourth-order valence-electron chi connectivity index (χ4n) is 9.52. The Morgan fingerprint density at radius 1 is 0.390 bits per heavy atom. The molecule has 2 nitrogen and oxygen atoms in total. The van der Waals surface area contributed by atoms with E-state index in [1.54, 1.807) is 0 Å². The number of rotatable bonds is 7. The van der Waals surface area contributed by atoms with Gasteiger partial charge in [0.25, 0.3) is 0 Å². The maximum Gasteiger partial charge on any atom is 0.0544 e. The lowest BCUT2D eigenvalue weighted by molar-refractivity contribution is 0.666. The summed E-state index contributed by atoms with van der Waals surface area (Å²) in [6, 6.07) is 77.3. The van der Waals surface area contributed by atoms with E-state index >= 15 is 0 Å². The van der Waals surface area contributed by atoms with E-state index in [-0.39, 0.29) is 5.41 Å². The van der Waals surface area contributed by atoms with Crippen LogP contribution in [0.25, 0.3) is 83.1 Å². The lowest BCUT2D eigenvalue weighted by Gasteiger charge is -2.22. The number of benzene rings is 9. The summed E-state index contributed by atoms with van der Waals surface area (Å²) in [6.45, 7) is 4.79. The van der Waals surface area contributed by atoms with Crippen molar-refractivity contribution < 1.29 is 0 Å². The van der Waals surface area contributed by atoms with Crippen LogP contribution in [-0.2, 0) is 5.41 Å². The van der Waals surface area contributed by atoms with Crippen LogP contribution < -0.4 is 5.32 Å². The molecule has 9 aromatic carbocycles. The predicted molar refractivity (Wildman–Crippen MR) is 250 cm³/mol. The molecule has 0 spiro atoms. The van der Waals surface area contributed by atoms with E-state index in [4.69, 9.17) is 0 Å². The molecule has 2 heteroatoms. The molecule has 0 saturated heterocycles. The van der Waals surface area contributed by atoms with E-state index in [0.29, 0.717) is 0 Å². The molecular weight excluding hydrogens is 713 g/mol.